The number of amides is 1. The molecule has 0 aromatic carbocycles. The fraction of sp³-hybridized carbons (Fsp3) is 0.917. The number of rotatable bonds is 3. The topological polar surface area (TPSA) is 35.6 Å². The van der Waals surface area contributed by atoms with Gasteiger partial charge in [0.15, 0.2) is 0 Å². The summed E-state index contributed by atoms with van der Waals surface area (Å²) in [6.07, 6.45) is 3.37. The van der Waals surface area contributed by atoms with Crippen molar-refractivity contribution in [1.82, 2.24) is 15.1 Å². The van der Waals surface area contributed by atoms with E-state index in [1.807, 2.05) is 11.9 Å². The summed E-state index contributed by atoms with van der Waals surface area (Å²) in [4.78, 5) is 16.3. The minimum atomic E-state index is 0.0872. The number of carbonyl (C=O) groups is 1. The average Bonchev–Trinajstić information content (AvgIpc) is 2.88. The molecule has 0 saturated carbocycles. The molecule has 0 aromatic rings. The van der Waals surface area contributed by atoms with Crippen LogP contribution < -0.4 is 5.32 Å². The summed E-state index contributed by atoms with van der Waals surface area (Å²) in [6, 6.07) is 0.0872. The van der Waals surface area contributed by atoms with Gasteiger partial charge in [-0.2, -0.15) is 0 Å². The summed E-state index contributed by atoms with van der Waals surface area (Å²) < 4.78 is 0. The Bertz CT molecular complexity index is 251. The Balaban J connectivity index is 1.78. The van der Waals surface area contributed by atoms with Gasteiger partial charge < -0.3 is 15.1 Å². The molecule has 2 rings (SSSR count). The maximum Gasteiger partial charge on any atom is 0.239 e. The van der Waals surface area contributed by atoms with E-state index in [4.69, 9.17) is 0 Å². The summed E-state index contributed by atoms with van der Waals surface area (Å²) >= 11 is 0. The van der Waals surface area contributed by atoms with Crippen molar-refractivity contribution in [3.05, 3.63) is 0 Å². The minimum absolute atomic E-state index is 0.0872. The second-order valence-electron chi connectivity index (χ2n) is 5.28. The molecule has 0 aliphatic carbocycles. The number of hydrogen-bond donors (Lipinski definition) is 1. The normalized spacial score (nSPS) is 30.9. The van der Waals surface area contributed by atoms with E-state index in [0.717, 1.165) is 32.5 Å². The predicted octanol–water partition coefficient (Wildman–Crippen LogP) is 0.149. The van der Waals surface area contributed by atoms with Crippen LogP contribution in [0.25, 0.3) is 0 Å². The van der Waals surface area contributed by atoms with Gasteiger partial charge in [-0.3, -0.25) is 4.79 Å². The molecule has 2 aliphatic rings. The summed E-state index contributed by atoms with van der Waals surface area (Å²) in [6.45, 7) is 4.22. The van der Waals surface area contributed by atoms with Crippen molar-refractivity contribution in [2.24, 2.45) is 5.92 Å². The quantitative estimate of drug-likeness (QED) is 0.742. The van der Waals surface area contributed by atoms with Crippen LogP contribution in [0.15, 0.2) is 0 Å². The zero-order chi connectivity index (χ0) is 11.5. The van der Waals surface area contributed by atoms with Crippen molar-refractivity contribution in [3.63, 3.8) is 0 Å². The lowest BCUT2D eigenvalue weighted by molar-refractivity contribution is -0.132. The average molecular weight is 225 g/mol. The Kier molecular flexibility index (Phi) is 3.82. The lowest BCUT2D eigenvalue weighted by Crippen LogP contribution is -2.43. The number of nitrogens with zero attached hydrogens (tertiary/aromatic N) is 2. The van der Waals surface area contributed by atoms with Crippen LogP contribution in [0, 0.1) is 5.92 Å². The third-order valence-corrected chi connectivity index (χ3v) is 3.76. The Morgan fingerprint density at radius 1 is 1.50 bits per heavy atom. The van der Waals surface area contributed by atoms with Crippen LogP contribution in [-0.2, 0) is 4.79 Å². The molecule has 0 aromatic heterocycles. The van der Waals surface area contributed by atoms with Gasteiger partial charge in [-0.15, -0.1) is 0 Å². The molecule has 92 valence electrons. The van der Waals surface area contributed by atoms with Gasteiger partial charge in [0.2, 0.25) is 5.91 Å². The van der Waals surface area contributed by atoms with Gasteiger partial charge in [0, 0.05) is 20.1 Å². The zero-order valence-electron chi connectivity index (χ0n) is 10.4. The van der Waals surface area contributed by atoms with Crippen molar-refractivity contribution in [3.8, 4) is 0 Å². The molecule has 1 N–H and O–H groups in total. The first-order valence-corrected chi connectivity index (χ1v) is 6.33. The number of carbonyl (C=O) groups excluding carboxylic acids is 1. The molecule has 0 spiro atoms. The third kappa shape index (κ3) is 2.74. The van der Waals surface area contributed by atoms with Crippen LogP contribution >= 0.6 is 0 Å². The van der Waals surface area contributed by atoms with Gasteiger partial charge in [-0.05, 0) is 45.3 Å². The van der Waals surface area contributed by atoms with E-state index in [1.165, 1.54) is 13.0 Å². The zero-order valence-corrected chi connectivity index (χ0v) is 10.4. The van der Waals surface area contributed by atoms with E-state index in [2.05, 4.69) is 17.3 Å². The van der Waals surface area contributed by atoms with Gasteiger partial charge in [0.25, 0.3) is 0 Å². The summed E-state index contributed by atoms with van der Waals surface area (Å²) in [5.41, 5.74) is 0. The van der Waals surface area contributed by atoms with E-state index >= 15 is 0 Å². The molecule has 0 bridgehead atoms. The second-order valence-corrected chi connectivity index (χ2v) is 5.28. The molecule has 16 heavy (non-hydrogen) atoms. The molecule has 2 saturated heterocycles. The molecule has 2 fully saturated rings. The van der Waals surface area contributed by atoms with Gasteiger partial charge in [0.05, 0.1) is 6.04 Å². The Morgan fingerprint density at radius 2 is 2.31 bits per heavy atom. The molecule has 1 amide bonds. The van der Waals surface area contributed by atoms with Crippen LogP contribution in [0.3, 0.4) is 0 Å². The SMILES string of the molecule is CN1CCC(CN(C)C(=O)[C@H]2CCCN2)C1. The maximum absolute atomic E-state index is 12.1. The largest absolute Gasteiger partial charge is 0.344 e. The number of nitrogens with one attached hydrogen (secondary N) is 1. The molecule has 2 heterocycles. The number of likely N-dealkylation sites (N-methyl/N-ethyl adjacent to an activating group) is 1. The second kappa shape index (κ2) is 5.15. The summed E-state index contributed by atoms with van der Waals surface area (Å²) in [5.74, 6) is 0.951. The van der Waals surface area contributed by atoms with Crippen molar-refractivity contribution >= 4 is 5.91 Å². The van der Waals surface area contributed by atoms with Crippen LogP contribution in [0.2, 0.25) is 0 Å². The lowest BCUT2D eigenvalue weighted by Gasteiger charge is -2.24. The van der Waals surface area contributed by atoms with Gasteiger partial charge >= 0.3 is 0 Å². The van der Waals surface area contributed by atoms with Gasteiger partial charge in [-0.1, -0.05) is 0 Å². The first kappa shape index (κ1) is 11.9. The fourth-order valence-electron chi connectivity index (χ4n) is 2.81. The summed E-state index contributed by atoms with van der Waals surface area (Å²) in [5, 5.41) is 3.27. The molecule has 4 nitrogen and oxygen atoms in total. The van der Waals surface area contributed by atoms with Gasteiger partial charge in [-0.25, -0.2) is 0 Å². The Morgan fingerprint density at radius 3 is 2.88 bits per heavy atom. The van der Waals surface area contributed by atoms with Crippen LogP contribution in [0.5, 0.6) is 0 Å². The number of likely N-dealkylation sites (tertiary alicyclic amines) is 1. The van der Waals surface area contributed by atoms with Crippen molar-refractivity contribution in [2.45, 2.75) is 25.3 Å². The molecule has 2 aliphatic heterocycles. The van der Waals surface area contributed by atoms with Crippen LogP contribution in [0.4, 0.5) is 0 Å². The van der Waals surface area contributed by atoms with E-state index in [1.54, 1.807) is 0 Å². The first-order chi connectivity index (χ1) is 7.66. The van der Waals surface area contributed by atoms with Crippen LogP contribution in [0.1, 0.15) is 19.3 Å². The molecule has 4 heteroatoms. The van der Waals surface area contributed by atoms with E-state index < -0.39 is 0 Å². The standard InChI is InChI=1S/C12H23N3O/c1-14-7-5-10(8-14)9-15(2)12(16)11-4-3-6-13-11/h10-11,13H,3-9H2,1-2H3/t10?,11-/m1/s1. The molecule has 2 atom stereocenters. The third-order valence-electron chi connectivity index (χ3n) is 3.76. The van der Waals surface area contributed by atoms with Crippen molar-refractivity contribution in [2.75, 3.05) is 40.3 Å². The van der Waals surface area contributed by atoms with E-state index in [0.29, 0.717) is 5.92 Å². The summed E-state index contributed by atoms with van der Waals surface area (Å²) in [7, 11) is 4.10. The van der Waals surface area contributed by atoms with Crippen molar-refractivity contribution in [1.29, 1.82) is 0 Å². The molecule has 1 unspecified atom stereocenters. The molecular weight excluding hydrogens is 202 g/mol. The Labute approximate surface area is 98.0 Å². The minimum Gasteiger partial charge on any atom is -0.344 e. The van der Waals surface area contributed by atoms with Crippen LogP contribution in [-0.4, -0.2) is 62.0 Å². The maximum atomic E-state index is 12.1. The van der Waals surface area contributed by atoms with Crippen molar-refractivity contribution < 1.29 is 4.79 Å². The Hall–Kier alpha value is -0.610. The van der Waals surface area contributed by atoms with E-state index in [9.17, 15) is 4.79 Å². The van der Waals surface area contributed by atoms with E-state index in [-0.39, 0.29) is 11.9 Å². The number of hydrogen-bond acceptors (Lipinski definition) is 3. The highest BCUT2D eigenvalue weighted by molar-refractivity contribution is 5.81. The smallest absolute Gasteiger partial charge is 0.239 e. The lowest BCUT2D eigenvalue weighted by atomic mass is 10.1. The first-order valence-electron chi connectivity index (χ1n) is 6.33. The fourth-order valence-corrected chi connectivity index (χ4v) is 2.81. The predicted molar refractivity (Wildman–Crippen MR) is 64.3 cm³/mol. The highest BCUT2D eigenvalue weighted by Crippen LogP contribution is 2.16. The van der Waals surface area contributed by atoms with Gasteiger partial charge in [0.1, 0.15) is 0 Å². The highest BCUT2D eigenvalue weighted by Gasteiger charge is 2.27. The monoisotopic (exact) mass is 225 g/mol. The molecular formula is C12H23N3O. The highest BCUT2D eigenvalue weighted by atomic mass is 16.2. The molecule has 0 radical (unpaired) electrons.